The van der Waals surface area contributed by atoms with Gasteiger partial charge in [0, 0.05) is 44.3 Å². The van der Waals surface area contributed by atoms with Gasteiger partial charge in [-0.05, 0) is 30.3 Å². The predicted molar refractivity (Wildman–Crippen MR) is 224 cm³/mol. The Kier molecular flexibility index (Phi) is 7.35. The standard InChI is InChI=1S/C49H30N6O/c1-5-16-31(17-6-1)42-45-43(51-46(50-42)32-18-7-2-8-19-32)41-40(56-45)29-28-38-37-26-13-14-27-39(37)55(44(38)41)36-25-15-24-35(30-36)49-53-47(33-20-9-3-10-21-33)52-48(54-49)34-22-11-4-12-23-34/h1-30H. The highest BCUT2D eigenvalue weighted by Gasteiger charge is 2.24. The van der Waals surface area contributed by atoms with Crippen LogP contribution in [0.5, 0.6) is 0 Å². The monoisotopic (exact) mass is 718 g/mol. The lowest BCUT2D eigenvalue weighted by Crippen LogP contribution is -2.01. The fraction of sp³-hybridized carbons (Fsp3) is 0. The summed E-state index contributed by atoms with van der Waals surface area (Å²) in [6.07, 6.45) is 0. The molecule has 0 saturated carbocycles. The van der Waals surface area contributed by atoms with E-state index in [1.807, 2.05) is 109 Å². The van der Waals surface area contributed by atoms with E-state index in [1.54, 1.807) is 0 Å². The Morgan fingerprint density at radius 1 is 0.393 bits per heavy atom. The Balaban J connectivity index is 1.19. The second-order valence-corrected chi connectivity index (χ2v) is 13.7. The second-order valence-electron chi connectivity index (χ2n) is 13.7. The van der Waals surface area contributed by atoms with Crippen molar-refractivity contribution < 1.29 is 4.42 Å². The van der Waals surface area contributed by atoms with Crippen LogP contribution >= 0.6 is 0 Å². The normalized spacial score (nSPS) is 11.6. The molecule has 0 atom stereocenters. The maximum Gasteiger partial charge on any atom is 0.180 e. The van der Waals surface area contributed by atoms with Crippen LogP contribution in [0.1, 0.15) is 0 Å². The van der Waals surface area contributed by atoms with Crippen LogP contribution in [-0.4, -0.2) is 29.5 Å². The zero-order valence-corrected chi connectivity index (χ0v) is 29.9. The first kappa shape index (κ1) is 31.7. The molecule has 0 radical (unpaired) electrons. The Morgan fingerprint density at radius 3 is 1.54 bits per heavy atom. The molecule has 4 heterocycles. The summed E-state index contributed by atoms with van der Waals surface area (Å²) >= 11 is 0. The third kappa shape index (κ3) is 5.25. The molecule has 11 aromatic rings. The van der Waals surface area contributed by atoms with Gasteiger partial charge in [-0.1, -0.05) is 152 Å². The van der Waals surface area contributed by atoms with Crippen molar-refractivity contribution in [1.29, 1.82) is 0 Å². The van der Waals surface area contributed by atoms with E-state index in [9.17, 15) is 0 Å². The number of aromatic nitrogens is 6. The van der Waals surface area contributed by atoms with E-state index in [0.717, 1.165) is 77.5 Å². The zero-order chi connectivity index (χ0) is 37.0. The minimum atomic E-state index is 0.590. The molecule has 0 aliphatic rings. The molecule has 0 aliphatic carbocycles. The lowest BCUT2D eigenvalue weighted by Gasteiger charge is -2.12. The molecule has 0 unspecified atom stereocenters. The Labute approximate surface area is 321 Å². The van der Waals surface area contributed by atoms with Gasteiger partial charge in [0.25, 0.3) is 0 Å². The maximum absolute atomic E-state index is 6.76. The average Bonchev–Trinajstić information content (AvgIpc) is 3.83. The van der Waals surface area contributed by atoms with E-state index in [-0.39, 0.29) is 0 Å². The highest BCUT2D eigenvalue weighted by molar-refractivity contribution is 6.24. The lowest BCUT2D eigenvalue weighted by molar-refractivity contribution is 0.667. The fourth-order valence-corrected chi connectivity index (χ4v) is 7.68. The van der Waals surface area contributed by atoms with Crippen LogP contribution in [0.15, 0.2) is 186 Å². The number of furan rings is 1. The molecule has 4 aromatic heterocycles. The number of benzene rings is 7. The third-order valence-electron chi connectivity index (χ3n) is 10.3. The molecule has 0 saturated heterocycles. The molecule has 0 aliphatic heterocycles. The van der Waals surface area contributed by atoms with Gasteiger partial charge in [0.1, 0.15) is 16.8 Å². The van der Waals surface area contributed by atoms with E-state index in [4.69, 9.17) is 29.3 Å². The molecule has 7 nitrogen and oxygen atoms in total. The highest BCUT2D eigenvalue weighted by Crippen LogP contribution is 2.43. The number of hydrogen-bond donors (Lipinski definition) is 0. The number of nitrogens with zero attached hydrogens (tertiary/aromatic N) is 6. The lowest BCUT2D eigenvalue weighted by atomic mass is 10.1. The number of rotatable bonds is 6. The Morgan fingerprint density at radius 2 is 0.911 bits per heavy atom. The van der Waals surface area contributed by atoms with E-state index >= 15 is 0 Å². The van der Waals surface area contributed by atoms with Gasteiger partial charge < -0.3 is 8.98 Å². The summed E-state index contributed by atoms with van der Waals surface area (Å²) in [5.41, 5.74) is 10.5. The van der Waals surface area contributed by atoms with Crippen molar-refractivity contribution in [2.45, 2.75) is 0 Å². The van der Waals surface area contributed by atoms with Crippen LogP contribution in [0.4, 0.5) is 0 Å². The molecule has 7 aromatic carbocycles. The molecule has 0 spiro atoms. The van der Waals surface area contributed by atoms with Gasteiger partial charge in [0.05, 0.1) is 16.4 Å². The smallest absolute Gasteiger partial charge is 0.180 e. The van der Waals surface area contributed by atoms with Crippen LogP contribution < -0.4 is 0 Å². The number of hydrogen-bond acceptors (Lipinski definition) is 6. The van der Waals surface area contributed by atoms with Gasteiger partial charge in [-0.3, -0.25) is 0 Å². The topological polar surface area (TPSA) is 82.5 Å². The molecular weight excluding hydrogens is 689 g/mol. The van der Waals surface area contributed by atoms with Crippen LogP contribution in [0, 0.1) is 0 Å². The van der Waals surface area contributed by atoms with Crippen molar-refractivity contribution in [3.05, 3.63) is 182 Å². The first-order valence-corrected chi connectivity index (χ1v) is 18.5. The molecular formula is C49H30N6O. The molecule has 262 valence electrons. The van der Waals surface area contributed by atoms with Crippen molar-refractivity contribution in [3.8, 4) is 62.5 Å². The molecule has 0 N–H and O–H groups in total. The number of fused-ring (bicyclic) bond motifs is 7. The molecule has 11 rings (SSSR count). The first-order chi connectivity index (χ1) is 27.8. The zero-order valence-electron chi connectivity index (χ0n) is 29.9. The van der Waals surface area contributed by atoms with Gasteiger partial charge >= 0.3 is 0 Å². The van der Waals surface area contributed by atoms with Crippen LogP contribution in [0.3, 0.4) is 0 Å². The maximum atomic E-state index is 6.76. The molecule has 56 heavy (non-hydrogen) atoms. The second kappa shape index (κ2) is 13.0. The van der Waals surface area contributed by atoms with Gasteiger partial charge in [-0.15, -0.1) is 0 Å². The van der Waals surface area contributed by atoms with Crippen LogP contribution in [-0.2, 0) is 0 Å². The van der Waals surface area contributed by atoms with E-state index in [2.05, 4.69) is 77.4 Å². The summed E-state index contributed by atoms with van der Waals surface area (Å²) in [6, 6.07) is 61.6. The van der Waals surface area contributed by atoms with Crippen molar-refractivity contribution in [2.24, 2.45) is 0 Å². The molecule has 7 heteroatoms. The van der Waals surface area contributed by atoms with E-state index in [0.29, 0.717) is 28.9 Å². The van der Waals surface area contributed by atoms with Crippen molar-refractivity contribution in [2.75, 3.05) is 0 Å². The van der Waals surface area contributed by atoms with Gasteiger partial charge in [0.15, 0.2) is 28.9 Å². The van der Waals surface area contributed by atoms with E-state index < -0.39 is 0 Å². The average molecular weight is 719 g/mol. The summed E-state index contributed by atoms with van der Waals surface area (Å²) < 4.78 is 9.08. The van der Waals surface area contributed by atoms with Crippen molar-refractivity contribution in [3.63, 3.8) is 0 Å². The summed E-state index contributed by atoms with van der Waals surface area (Å²) in [4.78, 5) is 25.4. The first-order valence-electron chi connectivity index (χ1n) is 18.5. The van der Waals surface area contributed by atoms with E-state index in [1.165, 1.54) is 0 Å². The summed E-state index contributed by atoms with van der Waals surface area (Å²) in [7, 11) is 0. The molecule has 0 bridgehead atoms. The van der Waals surface area contributed by atoms with Crippen molar-refractivity contribution >= 4 is 43.9 Å². The van der Waals surface area contributed by atoms with Crippen LogP contribution in [0.2, 0.25) is 0 Å². The quantitative estimate of drug-likeness (QED) is 0.170. The Hall–Kier alpha value is -7.77. The fourth-order valence-electron chi connectivity index (χ4n) is 7.68. The summed E-state index contributed by atoms with van der Waals surface area (Å²) in [6.45, 7) is 0. The summed E-state index contributed by atoms with van der Waals surface area (Å²) in [5, 5.41) is 3.15. The third-order valence-corrected chi connectivity index (χ3v) is 10.3. The Bertz CT molecular complexity index is 3170. The summed E-state index contributed by atoms with van der Waals surface area (Å²) in [5.74, 6) is 2.46. The minimum absolute atomic E-state index is 0.590. The predicted octanol–water partition coefficient (Wildman–Crippen LogP) is 12.0. The molecule has 0 amide bonds. The van der Waals surface area contributed by atoms with Gasteiger partial charge in [0.2, 0.25) is 0 Å². The van der Waals surface area contributed by atoms with Crippen LogP contribution in [0.25, 0.3) is 106 Å². The van der Waals surface area contributed by atoms with Gasteiger partial charge in [-0.25, -0.2) is 24.9 Å². The van der Waals surface area contributed by atoms with Gasteiger partial charge in [-0.2, -0.15) is 0 Å². The highest BCUT2D eigenvalue weighted by atomic mass is 16.3. The molecule has 0 fully saturated rings. The minimum Gasteiger partial charge on any atom is -0.452 e. The number of para-hydroxylation sites is 1. The van der Waals surface area contributed by atoms with Crippen molar-refractivity contribution in [1.82, 2.24) is 29.5 Å². The SMILES string of the molecule is c1ccc(-c2nc(-c3ccccc3)nc(-c3cccc(-n4c5ccccc5c5ccc6oc7c(-c8ccccc8)nc(-c8ccccc8)nc7c6c54)c3)n2)cc1. The largest absolute Gasteiger partial charge is 0.452 e.